The molecule has 88 valence electrons. The van der Waals surface area contributed by atoms with E-state index in [2.05, 4.69) is 6.92 Å². The molecule has 2 N–H and O–H groups in total. The fraction of sp³-hybridized carbons (Fsp3) is 0.538. The molecule has 0 bridgehead atoms. The molecule has 1 aliphatic rings. The summed E-state index contributed by atoms with van der Waals surface area (Å²) in [5.74, 6) is 0.428. The lowest BCUT2D eigenvalue weighted by Gasteiger charge is -2.37. The average Bonchev–Trinajstić information content (AvgIpc) is 2.22. The molecule has 0 atom stereocenters. The van der Waals surface area contributed by atoms with Gasteiger partial charge in [0, 0.05) is 10.6 Å². The molecule has 1 saturated carbocycles. The van der Waals surface area contributed by atoms with Gasteiger partial charge < -0.3 is 5.73 Å². The van der Waals surface area contributed by atoms with E-state index in [1.165, 1.54) is 12.1 Å². The maximum absolute atomic E-state index is 13.0. The van der Waals surface area contributed by atoms with Gasteiger partial charge in [0.2, 0.25) is 0 Å². The molecule has 3 heteroatoms. The zero-order chi connectivity index (χ0) is 11.8. The predicted molar refractivity (Wildman–Crippen MR) is 64.9 cm³/mol. The predicted octanol–water partition coefficient (Wildman–Crippen LogP) is 3.84. The minimum absolute atomic E-state index is 0.304. The SMILES string of the molecule is CC1CCC(N)(c2ccc(F)cc2Cl)CC1. The molecule has 0 aromatic heterocycles. The average molecular weight is 242 g/mol. The Balaban J connectivity index is 2.29. The van der Waals surface area contributed by atoms with Gasteiger partial charge in [0.05, 0.1) is 0 Å². The molecule has 1 aromatic rings. The quantitative estimate of drug-likeness (QED) is 0.794. The second kappa shape index (κ2) is 4.34. The van der Waals surface area contributed by atoms with Crippen molar-refractivity contribution in [1.29, 1.82) is 0 Å². The van der Waals surface area contributed by atoms with Gasteiger partial charge in [-0.05, 0) is 49.3 Å². The summed E-state index contributed by atoms with van der Waals surface area (Å²) >= 11 is 6.07. The third-order valence-electron chi connectivity index (χ3n) is 3.63. The van der Waals surface area contributed by atoms with Crippen molar-refractivity contribution < 1.29 is 4.39 Å². The first-order valence-electron chi connectivity index (χ1n) is 5.76. The van der Waals surface area contributed by atoms with Crippen LogP contribution in [0.5, 0.6) is 0 Å². The minimum atomic E-state index is -0.364. The third kappa shape index (κ3) is 2.23. The van der Waals surface area contributed by atoms with E-state index in [9.17, 15) is 4.39 Å². The number of halogens is 2. The largest absolute Gasteiger partial charge is 0.321 e. The van der Waals surface area contributed by atoms with Crippen LogP contribution in [0.2, 0.25) is 5.02 Å². The molecule has 0 unspecified atom stereocenters. The van der Waals surface area contributed by atoms with E-state index in [0.717, 1.165) is 37.2 Å². The van der Waals surface area contributed by atoms with Crippen molar-refractivity contribution in [3.63, 3.8) is 0 Å². The van der Waals surface area contributed by atoms with Gasteiger partial charge in [-0.2, -0.15) is 0 Å². The van der Waals surface area contributed by atoms with Crippen molar-refractivity contribution in [1.82, 2.24) is 0 Å². The number of hydrogen-bond acceptors (Lipinski definition) is 1. The van der Waals surface area contributed by atoms with Gasteiger partial charge in [-0.25, -0.2) is 4.39 Å². The number of hydrogen-bond donors (Lipinski definition) is 1. The zero-order valence-corrected chi connectivity index (χ0v) is 10.2. The van der Waals surface area contributed by atoms with Crippen LogP contribution < -0.4 is 5.73 Å². The summed E-state index contributed by atoms with van der Waals surface area (Å²) in [6.45, 7) is 2.24. The topological polar surface area (TPSA) is 26.0 Å². The van der Waals surface area contributed by atoms with Crippen molar-refractivity contribution in [3.8, 4) is 0 Å². The van der Waals surface area contributed by atoms with Gasteiger partial charge in [0.1, 0.15) is 5.82 Å². The summed E-state index contributed by atoms with van der Waals surface area (Å²) < 4.78 is 13.0. The van der Waals surface area contributed by atoms with Crippen LogP contribution in [-0.4, -0.2) is 0 Å². The summed E-state index contributed by atoms with van der Waals surface area (Å²) in [5, 5.41) is 0.456. The first-order chi connectivity index (χ1) is 7.51. The second-order valence-corrected chi connectivity index (χ2v) is 5.37. The molecule has 0 spiro atoms. The van der Waals surface area contributed by atoms with Crippen LogP contribution in [0.3, 0.4) is 0 Å². The second-order valence-electron chi connectivity index (χ2n) is 4.96. The van der Waals surface area contributed by atoms with Crippen LogP contribution >= 0.6 is 11.6 Å². The van der Waals surface area contributed by atoms with Crippen LogP contribution in [0, 0.1) is 11.7 Å². The lowest BCUT2D eigenvalue weighted by Crippen LogP contribution is -2.40. The first-order valence-corrected chi connectivity index (χ1v) is 6.13. The Kier molecular flexibility index (Phi) is 3.22. The highest BCUT2D eigenvalue weighted by Gasteiger charge is 2.33. The van der Waals surface area contributed by atoms with Crippen LogP contribution in [0.1, 0.15) is 38.2 Å². The van der Waals surface area contributed by atoms with Crippen molar-refractivity contribution >= 4 is 11.6 Å². The molecule has 1 aliphatic carbocycles. The Bertz CT molecular complexity index is 384. The molecule has 16 heavy (non-hydrogen) atoms. The molecule has 0 heterocycles. The molecular formula is C13H17ClFN. The Morgan fingerprint density at radius 2 is 2.00 bits per heavy atom. The fourth-order valence-electron chi connectivity index (χ4n) is 2.44. The lowest BCUT2D eigenvalue weighted by atomic mass is 9.74. The maximum Gasteiger partial charge on any atom is 0.124 e. The molecule has 0 saturated heterocycles. The van der Waals surface area contributed by atoms with Gasteiger partial charge >= 0.3 is 0 Å². The number of nitrogens with two attached hydrogens (primary N) is 1. The lowest BCUT2D eigenvalue weighted by molar-refractivity contribution is 0.248. The van der Waals surface area contributed by atoms with E-state index in [1.807, 2.05) is 0 Å². The van der Waals surface area contributed by atoms with Gasteiger partial charge in [-0.15, -0.1) is 0 Å². The van der Waals surface area contributed by atoms with Crippen LogP contribution in [0.4, 0.5) is 4.39 Å². The Labute approximate surface area is 101 Å². The van der Waals surface area contributed by atoms with E-state index in [-0.39, 0.29) is 11.4 Å². The van der Waals surface area contributed by atoms with Crippen LogP contribution in [0.15, 0.2) is 18.2 Å². The molecule has 1 nitrogen and oxygen atoms in total. The fourth-order valence-corrected chi connectivity index (χ4v) is 2.80. The maximum atomic E-state index is 13.0. The summed E-state index contributed by atoms with van der Waals surface area (Å²) in [6.07, 6.45) is 4.09. The number of benzene rings is 1. The zero-order valence-electron chi connectivity index (χ0n) is 9.47. The first kappa shape index (κ1) is 11.9. The van der Waals surface area contributed by atoms with Crippen LogP contribution in [0.25, 0.3) is 0 Å². The summed E-state index contributed by atoms with van der Waals surface area (Å²) in [5.41, 5.74) is 6.91. The Morgan fingerprint density at radius 1 is 1.38 bits per heavy atom. The van der Waals surface area contributed by atoms with Gasteiger partial charge in [0.25, 0.3) is 0 Å². The van der Waals surface area contributed by atoms with E-state index in [1.54, 1.807) is 6.07 Å². The highest BCUT2D eigenvalue weighted by molar-refractivity contribution is 6.31. The van der Waals surface area contributed by atoms with Gasteiger partial charge in [-0.3, -0.25) is 0 Å². The van der Waals surface area contributed by atoms with Crippen LogP contribution in [-0.2, 0) is 5.54 Å². The third-order valence-corrected chi connectivity index (χ3v) is 3.95. The van der Waals surface area contributed by atoms with E-state index >= 15 is 0 Å². The molecule has 0 radical (unpaired) electrons. The standard InChI is InChI=1S/C13H17ClFN/c1-9-4-6-13(16,7-5-9)11-3-2-10(15)8-12(11)14/h2-3,8-9H,4-7,16H2,1H3. The van der Waals surface area contributed by atoms with E-state index in [4.69, 9.17) is 17.3 Å². The van der Waals surface area contributed by atoms with Crippen molar-refractivity contribution in [2.45, 2.75) is 38.1 Å². The molecular weight excluding hydrogens is 225 g/mol. The van der Waals surface area contributed by atoms with E-state index < -0.39 is 0 Å². The van der Waals surface area contributed by atoms with Crippen molar-refractivity contribution in [2.24, 2.45) is 11.7 Å². The minimum Gasteiger partial charge on any atom is -0.321 e. The normalized spacial score (nSPS) is 30.4. The number of rotatable bonds is 1. The van der Waals surface area contributed by atoms with Gasteiger partial charge in [-0.1, -0.05) is 24.6 Å². The summed E-state index contributed by atoms with van der Waals surface area (Å²) in [6, 6.07) is 4.52. The van der Waals surface area contributed by atoms with E-state index in [0.29, 0.717) is 5.02 Å². The molecule has 0 aliphatic heterocycles. The molecule has 2 rings (SSSR count). The highest BCUT2D eigenvalue weighted by Crippen LogP contribution is 2.40. The Morgan fingerprint density at radius 3 is 2.56 bits per heavy atom. The summed E-state index contributed by atoms with van der Waals surface area (Å²) in [7, 11) is 0. The molecule has 1 aromatic carbocycles. The molecule has 0 amide bonds. The van der Waals surface area contributed by atoms with Crippen molar-refractivity contribution in [2.75, 3.05) is 0 Å². The van der Waals surface area contributed by atoms with Gasteiger partial charge in [0.15, 0.2) is 0 Å². The smallest absolute Gasteiger partial charge is 0.124 e. The monoisotopic (exact) mass is 241 g/mol. The Hall–Kier alpha value is -0.600. The highest BCUT2D eigenvalue weighted by atomic mass is 35.5. The van der Waals surface area contributed by atoms with Crippen molar-refractivity contribution in [3.05, 3.63) is 34.6 Å². The summed E-state index contributed by atoms with van der Waals surface area (Å²) in [4.78, 5) is 0. The molecule has 1 fully saturated rings.